The number of carbonyl (C=O) groups is 1. The predicted octanol–water partition coefficient (Wildman–Crippen LogP) is 0.191. The van der Waals surface area contributed by atoms with Crippen LogP contribution in [-0.4, -0.2) is 16.4 Å². The van der Waals surface area contributed by atoms with Crippen molar-refractivity contribution in [3.63, 3.8) is 0 Å². The molecule has 4 heteroatoms. The summed E-state index contributed by atoms with van der Waals surface area (Å²) in [5.74, 6) is 0.509. The zero-order chi connectivity index (χ0) is 5.98. The number of hydrogen-bond donors (Lipinski definition) is 0. The van der Waals surface area contributed by atoms with E-state index in [0.29, 0.717) is 12.2 Å². The first-order valence-electron chi connectivity index (χ1n) is 2.08. The van der Waals surface area contributed by atoms with Crippen LogP contribution >= 0.6 is 0 Å². The highest BCUT2D eigenvalue weighted by Crippen LogP contribution is 1.88. The van der Waals surface area contributed by atoms with E-state index < -0.39 is 0 Å². The Kier molecular flexibility index (Phi) is 1.07. The van der Waals surface area contributed by atoms with Crippen molar-refractivity contribution in [1.29, 1.82) is 0 Å². The standard InChI is InChI=1S/C4H4N2O2/c1-3-5-4(2-7)6-8-3/h2H,1H3. The normalized spacial score (nSPS) is 9.12. The van der Waals surface area contributed by atoms with Crippen LogP contribution in [0.25, 0.3) is 0 Å². The lowest BCUT2D eigenvalue weighted by Gasteiger charge is -1.64. The molecule has 42 valence electrons. The van der Waals surface area contributed by atoms with E-state index in [1.54, 1.807) is 6.92 Å². The number of carbonyl (C=O) groups excluding carboxylic acids is 1. The van der Waals surface area contributed by atoms with E-state index in [1.165, 1.54) is 0 Å². The second-order valence-corrected chi connectivity index (χ2v) is 1.29. The number of hydrogen-bond acceptors (Lipinski definition) is 4. The van der Waals surface area contributed by atoms with Crippen molar-refractivity contribution in [2.45, 2.75) is 6.92 Å². The Labute approximate surface area is 45.5 Å². The Balaban J connectivity index is 3.00. The van der Waals surface area contributed by atoms with Crippen molar-refractivity contribution in [2.75, 3.05) is 0 Å². The van der Waals surface area contributed by atoms with Crippen molar-refractivity contribution in [3.05, 3.63) is 11.7 Å². The summed E-state index contributed by atoms with van der Waals surface area (Å²) in [6.07, 6.45) is 0.538. The number of aldehydes is 1. The monoisotopic (exact) mass is 112 g/mol. The molecule has 0 fully saturated rings. The first-order chi connectivity index (χ1) is 3.83. The minimum absolute atomic E-state index is 0.0995. The molecule has 0 radical (unpaired) electrons. The summed E-state index contributed by atoms with van der Waals surface area (Å²) in [5.41, 5.74) is 0. The fourth-order valence-electron chi connectivity index (χ4n) is 0.363. The molecule has 1 aromatic heterocycles. The van der Waals surface area contributed by atoms with Crippen molar-refractivity contribution < 1.29 is 9.32 Å². The van der Waals surface area contributed by atoms with Gasteiger partial charge in [0.15, 0.2) is 6.29 Å². The molecule has 0 N–H and O–H groups in total. The average Bonchev–Trinajstić information content (AvgIpc) is 2.14. The maximum Gasteiger partial charge on any atom is 0.235 e. The minimum Gasteiger partial charge on any atom is -0.339 e. The Hall–Kier alpha value is -1.19. The zero-order valence-electron chi connectivity index (χ0n) is 4.29. The van der Waals surface area contributed by atoms with Crippen LogP contribution in [0.1, 0.15) is 16.5 Å². The van der Waals surface area contributed by atoms with E-state index in [1.807, 2.05) is 0 Å². The van der Waals surface area contributed by atoms with Gasteiger partial charge in [0.25, 0.3) is 0 Å². The number of nitrogens with zero attached hydrogens (tertiary/aromatic N) is 2. The second kappa shape index (κ2) is 1.73. The van der Waals surface area contributed by atoms with Gasteiger partial charge in [0.05, 0.1) is 0 Å². The molecule has 0 saturated heterocycles. The second-order valence-electron chi connectivity index (χ2n) is 1.29. The van der Waals surface area contributed by atoms with E-state index in [0.717, 1.165) is 0 Å². The molecule has 0 aromatic carbocycles. The number of aryl methyl sites for hydroxylation is 1. The highest BCUT2D eigenvalue weighted by Gasteiger charge is 1.95. The largest absolute Gasteiger partial charge is 0.339 e. The molecule has 0 aliphatic carbocycles. The third kappa shape index (κ3) is 0.726. The summed E-state index contributed by atoms with van der Waals surface area (Å²) in [7, 11) is 0. The number of aromatic nitrogens is 2. The van der Waals surface area contributed by atoms with E-state index in [-0.39, 0.29) is 5.82 Å². The van der Waals surface area contributed by atoms with E-state index in [2.05, 4.69) is 14.7 Å². The van der Waals surface area contributed by atoms with Gasteiger partial charge in [0, 0.05) is 6.92 Å². The Bertz CT molecular complexity index is 194. The van der Waals surface area contributed by atoms with Gasteiger partial charge in [-0.3, -0.25) is 4.79 Å². The topological polar surface area (TPSA) is 56.0 Å². The van der Waals surface area contributed by atoms with Crippen LogP contribution in [-0.2, 0) is 0 Å². The maximum absolute atomic E-state index is 9.83. The van der Waals surface area contributed by atoms with Crippen molar-refractivity contribution >= 4 is 6.29 Å². The molecule has 1 aromatic rings. The molecule has 4 nitrogen and oxygen atoms in total. The van der Waals surface area contributed by atoms with Crippen LogP contribution in [0.5, 0.6) is 0 Å². The first-order valence-corrected chi connectivity index (χ1v) is 2.08. The summed E-state index contributed by atoms with van der Waals surface area (Å²) in [5, 5.41) is 3.28. The molecule has 0 aliphatic heterocycles. The molecule has 0 unspecified atom stereocenters. The summed E-state index contributed by atoms with van der Waals surface area (Å²) in [6.45, 7) is 1.62. The lowest BCUT2D eigenvalue weighted by molar-refractivity contribution is 0.111. The quantitative estimate of drug-likeness (QED) is 0.486. The molecule has 1 rings (SSSR count). The van der Waals surface area contributed by atoms with E-state index in [4.69, 9.17) is 0 Å². The van der Waals surface area contributed by atoms with Crippen LogP contribution in [0.15, 0.2) is 4.52 Å². The molecule has 0 amide bonds. The van der Waals surface area contributed by atoms with Gasteiger partial charge in [-0.05, 0) is 0 Å². The van der Waals surface area contributed by atoms with Crippen LogP contribution in [0.3, 0.4) is 0 Å². The van der Waals surface area contributed by atoms with Crippen LogP contribution in [0.4, 0.5) is 0 Å². The van der Waals surface area contributed by atoms with Gasteiger partial charge in [0.1, 0.15) is 0 Å². The molecular formula is C4H4N2O2. The molecule has 8 heavy (non-hydrogen) atoms. The highest BCUT2D eigenvalue weighted by atomic mass is 16.5. The molecule has 1 heterocycles. The van der Waals surface area contributed by atoms with E-state index in [9.17, 15) is 4.79 Å². The van der Waals surface area contributed by atoms with Gasteiger partial charge in [-0.15, -0.1) is 0 Å². The molecule has 0 aliphatic rings. The van der Waals surface area contributed by atoms with Gasteiger partial charge in [-0.2, -0.15) is 4.98 Å². The number of rotatable bonds is 1. The highest BCUT2D eigenvalue weighted by molar-refractivity contribution is 5.68. The molecule has 0 atom stereocenters. The fourth-order valence-corrected chi connectivity index (χ4v) is 0.363. The minimum atomic E-state index is 0.0995. The molecule has 0 bridgehead atoms. The molecular weight excluding hydrogens is 108 g/mol. The van der Waals surface area contributed by atoms with E-state index >= 15 is 0 Å². The third-order valence-electron chi connectivity index (χ3n) is 0.649. The summed E-state index contributed by atoms with van der Waals surface area (Å²) < 4.78 is 4.46. The SMILES string of the molecule is Cc1nc(C=O)no1. The van der Waals surface area contributed by atoms with Crippen LogP contribution < -0.4 is 0 Å². The lowest BCUT2D eigenvalue weighted by atomic mass is 10.7. The molecule has 0 spiro atoms. The average molecular weight is 112 g/mol. The summed E-state index contributed by atoms with van der Waals surface area (Å²) in [6, 6.07) is 0. The fraction of sp³-hybridized carbons (Fsp3) is 0.250. The van der Waals surface area contributed by atoms with Crippen molar-refractivity contribution in [3.8, 4) is 0 Å². The Morgan fingerprint density at radius 1 is 1.75 bits per heavy atom. The van der Waals surface area contributed by atoms with Gasteiger partial charge in [-0.25, -0.2) is 0 Å². The Morgan fingerprint density at radius 3 is 2.75 bits per heavy atom. The maximum atomic E-state index is 9.83. The van der Waals surface area contributed by atoms with Gasteiger partial charge in [0.2, 0.25) is 11.7 Å². The van der Waals surface area contributed by atoms with Gasteiger partial charge in [-0.1, -0.05) is 5.16 Å². The van der Waals surface area contributed by atoms with Crippen molar-refractivity contribution in [2.24, 2.45) is 0 Å². The van der Waals surface area contributed by atoms with Crippen LogP contribution in [0.2, 0.25) is 0 Å². The first kappa shape index (κ1) is 4.96. The zero-order valence-corrected chi connectivity index (χ0v) is 4.29. The van der Waals surface area contributed by atoms with Gasteiger partial charge < -0.3 is 4.52 Å². The lowest BCUT2D eigenvalue weighted by Crippen LogP contribution is -1.79. The smallest absolute Gasteiger partial charge is 0.235 e. The predicted molar refractivity (Wildman–Crippen MR) is 24.4 cm³/mol. The summed E-state index contributed by atoms with van der Waals surface area (Å²) >= 11 is 0. The van der Waals surface area contributed by atoms with Crippen LogP contribution in [0, 0.1) is 6.92 Å². The van der Waals surface area contributed by atoms with Crippen molar-refractivity contribution in [1.82, 2.24) is 10.1 Å². The van der Waals surface area contributed by atoms with Gasteiger partial charge >= 0.3 is 0 Å². The Morgan fingerprint density at radius 2 is 2.50 bits per heavy atom. The third-order valence-corrected chi connectivity index (χ3v) is 0.649. The summed E-state index contributed by atoms with van der Waals surface area (Å²) in [4.78, 5) is 13.4. The molecule has 0 saturated carbocycles.